The quantitative estimate of drug-likeness (QED) is 0.770. The molecule has 0 saturated heterocycles. The lowest BCUT2D eigenvalue weighted by Gasteiger charge is -2.11. The van der Waals surface area contributed by atoms with Crippen LogP contribution in [0.15, 0.2) is 12.1 Å². The number of methoxy groups -OCH3 is 1. The summed E-state index contributed by atoms with van der Waals surface area (Å²) in [6.45, 7) is 6.07. The van der Waals surface area contributed by atoms with Crippen LogP contribution in [0.5, 0.6) is 5.75 Å². The summed E-state index contributed by atoms with van der Waals surface area (Å²) in [5, 5.41) is 0. The molecule has 0 bridgehead atoms. The molecule has 1 aromatic rings. The molecular formula is C16H23FO3. The van der Waals surface area contributed by atoms with E-state index in [1.54, 1.807) is 6.92 Å². The highest BCUT2D eigenvalue weighted by Gasteiger charge is 2.26. The molecule has 2 rings (SSSR count). The second-order valence-corrected chi connectivity index (χ2v) is 4.45. The Morgan fingerprint density at radius 3 is 2.50 bits per heavy atom. The van der Waals surface area contributed by atoms with Crippen molar-refractivity contribution in [3.05, 3.63) is 29.1 Å². The van der Waals surface area contributed by atoms with Crippen molar-refractivity contribution in [1.82, 2.24) is 0 Å². The van der Waals surface area contributed by atoms with Crippen molar-refractivity contribution >= 4 is 5.97 Å². The van der Waals surface area contributed by atoms with Gasteiger partial charge < -0.3 is 9.47 Å². The summed E-state index contributed by atoms with van der Waals surface area (Å²) in [5.41, 5.74) is 1.52. The first kappa shape index (κ1) is 16.5. The maximum Gasteiger partial charge on any atom is 0.310 e. The SMILES string of the molecule is CC.CCOC(=O)Cc1cc(C2CC2)cc(F)c1OC. The van der Waals surface area contributed by atoms with E-state index in [0.717, 1.165) is 18.4 Å². The first-order valence-electron chi connectivity index (χ1n) is 7.17. The summed E-state index contributed by atoms with van der Waals surface area (Å²) in [6, 6.07) is 3.36. The Hall–Kier alpha value is -1.58. The standard InChI is InChI=1S/C14H17FO3.C2H6/c1-3-18-13(16)8-11-6-10(9-4-5-9)7-12(15)14(11)17-2;1-2/h6-7,9H,3-5,8H2,1-2H3;1-2H3. The molecule has 20 heavy (non-hydrogen) atoms. The number of rotatable bonds is 5. The maximum absolute atomic E-state index is 13.9. The third-order valence-corrected chi connectivity index (χ3v) is 3.04. The maximum atomic E-state index is 13.9. The number of hydrogen-bond donors (Lipinski definition) is 0. The van der Waals surface area contributed by atoms with Crippen LogP contribution >= 0.6 is 0 Å². The van der Waals surface area contributed by atoms with Gasteiger partial charge in [0, 0.05) is 5.56 Å². The number of esters is 1. The van der Waals surface area contributed by atoms with E-state index < -0.39 is 5.82 Å². The van der Waals surface area contributed by atoms with Crippen molar-refractivity contribution in [2.75, 3.05) is 13.7 Å². The molecule has 1 fully saturated rings. The molecule has 0 radical (unpaired) electrons. The molecule has 0 aliphatic heterocycles. The Bertz CT molecular complexity index is 453. The van der Waals surface area contributed by atoms with Crippen LogP contribution in [0.4, 0.5) is 4.39 Å². The van der Waals surface area contributed by atoms with Crippen LogP contribution in [-0.2, 0) is 16.0 Å². The molecule has 0 amide bonds. The molecule has 4 heteroatoms. The summed E-state index contributed by atoms with van der Waals surface area (Å²) in [6.07, 6.45) is 2.23. The highest BCUT2D eigenvalue weighted by atomic mass is 19.1. The van der Waals surface area contributed by atoms with Crippen LogP contribution in [0.2, 0.25) is 0 Å². The van der Waals surface area contributed by atoms with Gasteiger partial charge in [-0.15, -0.1) is 0 Å². The predicted octanol–water partition coefficient (Wildman–Crippen LogP) is 3.84. The van der Waals surface area contributed by atoms with Crippen LogP contribution in [-0.4, -0.2) is 19.7 Å². The first-order valence-corrected chi connectivity index (χ1v) is 7.17. The molecule has 0 heterocycles. The summed E-state index contributed by atoms with van der Waals surface area (Å²) >= 11 is 0. The summed E-state index contributed by atoms with van der Waals surface area (Å²) < 4.78 is 23.8. The van der Waals surface area contributed by atoms with Crippen LogP contribution in [0.25, 0.3) is 0 Å². The van der Waals surface area contributed by atoms with Gasteiger partial charge in [0.15, 0.2) is 11.6 Å². The molecule has 0 atom stereocenters. The van der Waals surface area contributed by atoms with Crippen LogP contribution in [0.1, 0.15) is 50.7 Å². The molecule has 1 aliphatic carbocycles. The third kappa shape index (κ3) is 4.22. The number of hydrogen-bond acceptors (Lipinski definition) is 3. The number of carbonyl (C=O) groups excluding carboxylic acids is 1. The van der Waals surface area contributed by atoms with E-state index in [9.17, 15) is 9.18 Å². The highest BCUT2D eigenvalue weighted by molar-refractivity contribution is 5.73. The molecule has 1 aromatic carbocycles. The van der Waals surface area contributed by atoms with Gasteiger partial charge in [0.1, 0.15) is 0 Å². The van der Waals surface area contributed by atoms with Crippen molar-refractivity contribution in [3.8, 4) is 5.75 Å². The lowest BCUT2D eigenvalue weighted by Crippen LogP contribution is -2.09. The minimum atomic E-state index is -0.402. The third-order valence-electron chi connectivity index (χ3n) is 3.04. The number of ether oxygens (including phenoxy) is 2. The average molecular weight is 282 g/mol. The smallest absolute Gasteiger partial charge is 0.310 e. The molecular weight excluding hydrogens is 259 g/mol. The first-order chi connectivity index (χ1) is 9.65. The fourth-order valence-electron chi connectivity index (χ4n) is 2.05. The van der Waals surface area contributed by atoms with Gasteiger partial charge in [0.25, 0.3) is 0 Å². The largest absolute Gasteiger partial charge is 0.493 e. The Labute approximate surface area is 120 Å². The fraction of sp³-hybridized carbons (Fsp3) is 0.562. The van der Waals surface area contributed by atoms with E-state index in [4.69, 9.17) is 9.47 Å². The van der Waals surface area contributed by atoms with E-state index >= 15 is 0 Å². The summed E-state index contributed by atoms with van der Waals surface area (Å²) in [7, 11) is 1.41. The summed E-state index contributed by atoms with van der Waals surface area (Å²) in [5.74, 6) is -0.178. The van der Waals surface area contributed by atoms with Crippen molar-refractivity contribution in [1.29, 1.82) is 0 Å². The lowest BCUT2D eigenvalue weighted by atomic mass is 10.0. The normalized spacial score (nSPS) is 13.2. The molecule has 112 valence electrons. The van der Waals surface area contributed by atoms with Crippen LogP contribution < -0.4 is 4.74 Å². The van der Waals surface area contributed by atoms with E-state index in [1.165, 1.54) is 13.2 Å². The zero-order chi connectivity index (χ0) is 15.1. The van der Waals surface area contributed by atoms with E-state index in [-0.39, 0.29) is 18.1 Å². The average Bonchev–Trinajstić information content (AvgIpc) is 3.25. The minimum Gasteiger partial charge on any atom is -0.493 e. The monoisotopic (exact) mass is 282 g/mol. The second kappa shape index (κ2) is 7.88. The topological polar surface area (TPSA) is 35.5 Å². The number of carbonyl (C=O) groups is 1. The van der Waals surface area contributed by atoms with E-state index in [2.05, 4.69) is 0 Å². The van der Waals surface area contributed by atoms with Gasteiger partial charge in [-0.1, -0.05) is 19.9 Å². The van der Waals surface area contributed by atoms with Gasteiger partial charge in [0.2, 0.25) is 0 Å². The second-order valence-electron chi connectivity index (χ2n) is 4.45. The summed E-state index contributed by atoms with van der Waals surface area (Å²) in [4.78, 5) is 11.5. The van der Waals surface area contributed by atoms with Crippen LogP contribution in [0, 0.1) is 5.82 Å². The number of halogens is 1. The minimum absolute atomic E-state index is 0.0501. The highest BCUT2D eigenvalue weighted by Crippen LogP contribution is 2.42. The molecule has 1 aliphatic rings. The van der Waals surface area contributed by atoms with Gasteiger partial charge in [-0.3, -0.25) is 4.79 Å². The molecule has 3 nitrogen and oxygen atoms in total. The Morgan fingerprint density at radius 1 is 1.35 bits per heavy atom. The lowest BCUT2D eigenvalue weighted by molar-refractivity contribution is -0.142. The van der Waals surface area contributed by atoms with Gasteiger partial charge in [-0.05, 0) is 37.3 Å². The zero-order valence-electron chi connectivity index (χ0n) is 12.7. The Morgan fingerprint density at radius 2 is 2.00 bits per heavy atom. The predicted molar refractivity (Wildman–Crippen MR) is 76.6 cm³/mol. The van der Waals surface area contributed by atoms with E-state index in [0.29, 0.717) is 18.1 Å². The van der Waals surface area contributed by atoms with Crippen molar-refractivity contribution in [2.24, 2.45) is 0 Å². The molecule has 0 unspecified atom stereocenters. The van der Waals surface area contributed by atoms with Gasteiger partial charge in [0.05, 0.1) is 20.1 Å². The van der Waals surface area contributed by atoms with Crippen molar-refractivity contribution < 1.29 is 18.7 Å². The van der Waals surface area contributed by atoms with Gasteiger partial charge in [-0.25, -0.2) is 4.39 Å². The Balaban J connectivity index is 0.000000956. The molecule has 0 N–H and O–H groups in total. The Kier molecular flexibility index (Phi) is 6.49. The zero-order valence-corrected chi connectivity index (χ0v) is 12.7. The van der Waals surface area contributed by atoms with Crippen LogP contribution in [0.3, 0.4) is 0 Å². The van der Waals surface area contributed by atoms with Crippen molar-refractivity contribution in [3.63, 3.8) is 0 Å². The fourth-order valence-corrected chi connectivity index (χ4v) is 2.05. The van der Waals surface area contributed by atoms with Gasteiger partial charge in [-0.2, -0.15) is 0 Å². The van der Waals surface area contributed by atoms with Crippen molar-refractivity contribution in [2.45, 2.75) is 46.0 Å². The molecule has 0 aromatic heterocycles. The van der Waals surface area contributed by atoms with E-state index in [1.807, 2.05) is 19.9 Å². The number of benzene rings is 1. The molecule has 1 saturated carbocycles. The van der Waals surface area contributed by atoms with Gasteiger partial charge >= 0.3 is 5.97 Å². The molecule has 0 spiro atoms.